The van der Waals surface area contributed by atoms with Gasteiger partial charge in [0.05, 0.1) is 0 Å². The van der Waals surface area contributed by atoms with Crippen LogP contribution in [0, 0.1) is 0 Å². The van der Waals surface area contributed by atoms with Crippen LogP contribution in [0.3, 0.4) is 0 Å². The van der Waals surface area contributed by atoms with Crippen molar-refractivity contribution in [3.63, 3.8) is 0 Å². The van der Waals surface area contributed by atoms with Crippen LogP contribution in [0.25, 0.3) is 0 Å². The molecule has 0 radical (unpaired) electrons. The Hall–Kier alpha value is -1.56. The fourth-order valence-corrected chi connectivity index (χ4v) is 1.69. The van der Waals surface area contributed by atoms with Crippen molar-refractivity contribution in [2.24, 2.45) is 0 Å². The van der Waals surface area contributed by atoms with E-state index in [1.54, 1.807) is 30.3 Å². The van der Waals surface area contributed by atoms with Gasteiger partial charge in [0.2, 0.25) is 0 Å². The summed E-state index contributed by atoms with van der Waals surface area (Å²) in [4.78, 5) is 12.9. The van der Waals surface area contributed by atoms with E-state index in [2.05, 4.69) is 0 Å². The van der Waals surface area contributed by atoms with Crippen LogP contribution in [-0.4, -0.2) is 36.2 Å². The highest BCUT2D eigenvalue weighted by molar-refractivity contribution is 5.84. The molecule has 3 nitrogen and oxygen atoms in total. The first-order valence-electron chi connectivity index (χ1n) is 6.11. The maximum atomic E-state index is 12.6. The molecule has 0 saturated heterocycles. The van der Waals surface area contributed by atoms with Gasteiger partial charge in [-0.3, -0.25) is 4.79 Å². The zero-order valence-electron chi connectivity index (χ0n) is 11.7. The third-order valence-corrected chi connectivity index (χ3v) is 2.90. The Kier molecular flexibility index (Phi) is 5.16. The van der Waals surface area contributed by atoms with Crippen molar-refractivity contribution >= 4 is 5.91 Å². The van der Waals surface area contributed by atoms with Crippen molar-refractivity contribution < 1.29 is 22.7 Å². The smallest absolute Gasteiger partial charge is 0.369 e. The Morgan fingerprint density at radius 2 is 1.75 bits per heavy atom. The molecule has 1 rings (SSSR count). The number of halogens is 3. The third kappa shape index (κ3) is 4.85. The van der Waals surface area contributed by atoms with E-state index < -0.39 is 24.2 Å². The first kappa shape index (κ1) is 16.5. The Morgan fingerprint density at radius 3 is 2.20 bits per heavy atom. The molecular weight excluding hydrogens is 271 g/mol. The Bertz CT molecular complexity index is 443. The van der Waals surface area contributed by atoms with Crippen LogP contribution >= 0.6 is 0 Å². The molecule has 0 spiro atoms. The minimum atomic E-state index is -4.45. The average molecular weight is 289 g/mol. The lowest BCUT2D eigenvalue weighted by Gasteiger charge is -2.31. The number of alkyl halides is 3. The normalized spacial score (nSPS) is 12.3. The van der Waals surface area contributed by atoms with Gasteiger partial charge in [0.25, 0.3) is 5.91 Å². The fraction of sp³-hybridized carbons (Fsp3) is 0.500. The van der Waals surface area contributed by atoms with Gasteiger partial charge in [0, 0.05) is 13.7 Å². The SMILES string of the molecule is COC(C)(C)C(=O)N(Cc1ccccc1)CC(F)(F)F. The van der Waals surface area contributed by atoms with Gasteiger partial charge in [-0.25, -0.2) is 0 Å². The number of benzene rings is 1. The quantitative estimate of drug-likeness (QED) is 0.834. The van der Waals surface area contributed by atoms with Crippen molar-refractivity contribution in [3.05, 3.63) is 35.9 Å². The lowest BCUT2D eigenvalue weighted by atomic mass is 10.1. The summed E-state index contributed by atoms with van der Waals surface area (Å²) in [6.07, 6.45) is -4.45. The molecule has 0 N–H and O–H groups in total. The van der Waals surface area contributed by atoms with E-state index >= 15 is 0 Å². The number of nitrogens with zero attached hydrogens (tertiary/aromatic N) is 1. The second-order valence-corrected chi connectivity index (χ2v) is 4.98. The third-order valence-electron chi connectivity index (χ3n) is 2.90. The summed E-state index contributed by atoms with van der Waals surface area (Å²) in [6, 6.07) is 8.55. The van der Waals surface area contributed by atoms with Crippen molar-refractivity contribution in [2.75, 3.05) is 13.7 Å². The molecule has 6 heteroatoms. The largest absolute Gasteiger partial charge is 0.406 e. The summed E-state index contributed by atoms with van der Waals surface area (Å²) in [6.45, 7) is 1.49. The maximum Gasteiger partial charge on any atom is 0.406 e. The van der Waals surface area contributed by atoms with Gasteiger partial charge in [0.15, 0.2) is 0 Å². The zero-order chi connectivity index (χ0) is 15.4. The van der Waals surface area contributed by atoms with Gasteiger partial charge >= 0.3 is 6.18 Å². The molecule has 0 aliphatic carbocycles. The Morgan fingerprint density at radius 1 is 1.20 bits per heavy atom. The molecule has 0 aliphatic rings. The number of hydrogen-bond acceptors (Lipinski definition) is 2. The molecule has 20 heavy (non-hydrogen) atoms. The topological polar surface area (TPSA) is 29.5 Å². The van der Waals surface area contributed by atoms with Gasteiger partial charge in [-0.1, -0.05) is 30.3 Å². The number of hydrogen-bond donors (Lipinski definition) is 0. The standard InChI is InChI=1S/C14H18F3NO2/c1-13(2,20-3)12(19)18(10-14(15,16)17)9-11-7-5-4-6-8-11/h4-8H,9-10H2,1-3H3. The van der Waals surface area contributed by atoms with E-state index in [0.717, 1.165) is 4.90 Å². The first-order chi connectivity index (χ1) is 9.15. The highest BCUT2D eigenvalue weighted by atomic mass is 19.4. The summed E-state index contributed by atoms with van der Waals surface area (Å²) in [5.41, 5.74) is -0.656. The highest BCUT2D eigenvalue weighted by Crippen LogP contribution is 2.22. The van der Waals surface area contributed by atoms with E-state index in [1.165, 1.54) is 21.0 Å². The Balaban J connectivity index is 2.94. The van der Waals surface area contributed by atoms with Crippen LogP contribution in [0.15, 0.2) is 30.3 Å². The summed E-state index contributed by atoms with van der Waals surface area (Å²) in [5, 5.41) is 0. The van der Waals surface area contributed by atoms with E-state index in [1.807, 2.05) is 0 Å². The molecular formula is C14H18F3NO2. The van der Waals surface area contributed by atoms with Crippen molar-refractivity contribution in [1.82, 2.24) is 4.90 Å². The van der Waals surface area contributed by atoms with Crippen LogP contribution in [-0.2, 0) is 16.1 Å². The molecule has 1 amide bonds. The lowest BCUT2D eigenvalue weighted by Crippen LogP contribution is -2.49. The van der Waals surface area contributed by atoms with Crippen LogP contribution in [0.5, 0.6) is 0 Å². The minimum absolute atomic E-state index is 0.105. The second-order valence-electron chi connectivity index (χ2n) is 4.98. The minimum Gasteiger partial charge on any atom is -0.369 e. The van der Waals surface area contributed by atoms with E-state index in [-0.39, 0.29) is 6.54 Å². The molecule has 0 heterocycles. The number of ether oxygens (including phenoxy) is 1. The zero-order valence-corrected chi connectivity index (χ0v) is 11.7. The maximum absolute atomic E-state index is 12.6. The molecule has 0 saturated carbocycles. The molecule has 1 aromatic rings. The van der Waals surface area contributed by atoms with Crippen molar-refractivity contribution in [1.29, 1.82) is 0 Å². The second kappa shape index (κ2) is 6.26. The van der Waals surface area contributed by atoms with Crippen molar-refractivity contribution in [3.8, 4) is 0 Å². The predicted molar refractivity (Wildman–Crippen MR) is 69.0 cm³/mol. The molecule has 0 atom stereocenters. The van der Waals surface area contributed by atoms with Gasteiger partial charge < -0.3 is 9.64 Å². The van der Waals surface area contributed by atoms with E-state index in [0.29, 0.717) is 5.56 Å². The van der Waals surface area contributed by atoms with Crippen molar-refractivity contribution in [2.45, 2.75) is 32.2 Å². The van der Waals surface area contributed by atoms with Gasteiger partial charge in [0.1, 0.15) is 12.1 Å². The molecule has 0 aromatic heterocycles. The van der Waals surface area contributed by atoms with Gasteiger partial charge in [-0.2, -0.15) is 13.2 Å². The fourth-order valence-electron chi connectivity index (χ4n) is 1.69. The molecule has 0 fully saturated rings. The number of carbonyl (C=O) groups is 1. The van der Waals surface area contributed by atoms with Crippen LogP contribution in [0.2, 0.25) is 0 Å². The Labute approximate surface area is 116 Å². The summed E-state index contributed by atoms with van der Waals surface area (Å²) in [7, 11) is 1.30. The van der Waals surface area contributed by atoms with Gasteiger partial charge in [-0.15, -0.1) is 0 Å². The number of rotatable bonds is 5. The average Bonchev–Trinajstić information content (AvgIpc) is 2.36. The number of methoxy groups -OCH3 is 1. The van der Waals surface area contributed by atoms with Crippen LogP contribution in [0.1, 0.15) is 19.4 Å². The molecule has 112 valence electrons. The summed E-state index contributed by atoms with van der Waals surface area (Å²) >= 11 is 0. The van der Waals surface area contributed by atoms with E-state index in [4.69, 9.17) is 4.74 Å². The van der Waals surface area contributed by atoms with Gasteiger partial charge in [-0.05, 0) is 19.4 Å². The molecule has 0 unspecified atom stereocenters. The molecule has 1 aromatic carbocycles. The summed E-state index contributed by atoms with van der Waals surface area (Å²) in [5.74, 6) is -0.693. The van der Waals surface area contributed by atoms with Crippen LogP contribution in [0.4, 0.5) is 13.2 Å². The molecule has 0 bridgehead atoms. The number of amides is 1. The predicted octanol–water partition coefficient (Wildman–Crippen LogP) is 3.00. The first-order valence-corrected chi connectivity index (χ1v) is 6.11. The lowest BCUT2D eigenvalue weighted by molar-refractivity contribution is -0.174. The summed E-state index contributed by atoms with van der Waals surface area (Å²) < 4.78 is 42.9. The number of carbonyl (C=O) groups excluding carboxylic acids is 1. The molecule has 0 aliphatic heterocycles. The van der Waals surface area contributed by atoms with E-state index in [9.17, 15) is 18.0 Å². The highest BCUT2D eigenvalue weighted by Gasteiger charge is 2.38. The van der Waals surface area contributed by atoms with Crippen LogP contribution < -0.4 is 0 Å². The monoisotopic (exact) mass is 289 g/mol.